The minimum absolute atomic E-state index is 0.000585. The molecule has 4 fully saturated rings. The van der Waals surface area contributed by atoms with E-state index in [0.29, 0.717) is 57.8 Å². The highest BCUT2D eigenvalue weighted by Gasteiger charge is 2.68. The number of esters is 2. The quantitative estimate of drug-likeness (QED) is 0.0159. The number of amides is 11. The Hall–Kier alpha value is -9.14. The average molecular weight is 1830 g/mol. The Balaban J connectivity index is 1.35. The molecule has 11 amide bonds. The van der Waals surface area contributed by atoms with Gasteiger partial charge in [-0.3, -0.25) is 71.9 Å². The molecule has 0 radical (unpaired) electrons. The maximum atomic E-state index is 15.9. The number of fused-ring (bicyclic) bond motifs is 5. The van der Waals surface area contributed by atoms with Crippen molar-refractivity contribution in [3.05, 3.63) is 36.0 Å². The lowest BCUT2D eigenvalue weighted by Crippen LogP contribution is -2.64. The number of nitrogens with zero attached hydrogens (tertiary/aromatic N) is 7. The second-order valence-corrected chi connectivity index (χ2v) is 40.2. The molecule has 0 aromatic rings. The summed E-state index contributed by atoms with van der Waals surface area (Å²) in [4.78, 5) is 239. The summed E-state index contributed by atoms with van der Waals surface area (Å²) in [6.45, 7) is 32.1. The van der Waals surface area contributed by atoms with E-state index in [4.69, 9.17) is 18.9 Å². The van der Waals surface area contributed by atoms with Crippen molar-refractivity contribution in [2.45, 2.75) is 338 Å². The van der Waals surface area contributed by atoms with Gasteiger partial charge < -0.3 is 84.7 Å². The predicted molar refractivity (Wildman–Crippen MR) is 490 cm³/mol. The van der Waals surface area contributed by atoms with Crippen LogP contribution in [0.15, 0.2) is 36.0 Å². The minimum atomic E-state index is -1.80. The molecule has 33 heteroatoms. The second-order valence-electron chi connectivity index (χ2n) is 40.2. The van der Waals surface area contributed by atoms with Crippen LogP contribution in [-0.2, 0) is 90.9 Å². The van der Waals surface area contributed by atoms with Crippen molar-refractivity contribution in [2.75, 3.05) is 75.7 Å². The summed E-state index contributed by atoms with van der Waals surface area (Å²) < 4.78 is 22.8. The molecule has 0 bridgehead atoms. The third-order valence-corrected chi connectivity index (χ3v) is 27.5. The Labute approximate surface area is 772 Å². The fraction of sp³-hybridized carbons (Fsp3) is 0.773. The van der Waals surface area contributed by atoms with Crippen LogP contribution in [0.2, 0.25) is 0 Å². The van der Waals surface area contributed by atoms with Crippen LogP contribution in [0.1, 0.15) is 260 Å². The lowest BCUT2D eigenvalue weighted by Gasteiger charge is -2.59. The number of likely N-dealkylation sites (N-methyl/N-ethyl adjacent to an activating group) is 7. The Morgan fingerprint density at radius 3 is 1.60 bits per heavy atom. The largest absolute Gasteiger partial charge is 0.508 e. The van der Waals surface area contributed by atoms with Crippen LogP contribution in [0.5, 0.6) is 0 Å². The number of carbonyl (C=O) groups excluding carboxylic acids is 16. The molecule has 5 aliphatic rings. The normalized spacial score (nSPS) is 29.2. The molecular weight excluding hydrogens is 1670 g/mol. The van der Waals surface area contributed by atoms with E-state index in [9.17, 15) is 67.7 Å². The highest BCUT2D eigenvalue weighted by molar-refractivity contribution is 6.02. The molecule has 0 aromatic carbocycles. The molecule has 19 atom stereocenters. The summed E-state index contributed by atoms with van der Waals surface area (Å²) >= 11 is 0. The van der Waals surface area contributed by atoms with Gasteiger partial charge in [0.2, 0.25) is 70.8 Å². The van der Waals surface area contributed by atoms with Crippen molar-refractivity contribution >= 4 is 94.6 Å². The van der Waals surface area contributed by atoms with Gasteiger partial charge in [-0.2, -0.15) is 0 Å². The van der Waals surface area contributed by atoms with Gasteiger partial charge in [0.05, 0.1) is 25.9 Å². The lowest BCUT2D eigenvalue weighted by molar-refractivity contribution is -0.181. The van der Waals surface area contributed by atoms with E-state index < -0.39 is 209 Å². The van der Waals surface area contributed by atoms with Gasteiger partial charge in [0, 0.05) is 78.9 Å². The number of ether oxygens (including phenoxy) is 4. The number of Topliss-reactive ketones (excluding diaryl/α,β-unsaturated/α-hetero) is 1. The molecular formula is C97H159N11O22. The molecule has 0 aromatic heterocycles. The topological polar surface area (TPSA) is 421 Å². The van der Waals surface area contributed by atoms with Gasteiger partial charge in [-0.1, -0.05) is 147 Å². The number of unbranched alkanes of at least 4 members (excludes halogenated alkanes) is 5. The number of aliphatic hydroxyl groups is 2. The van der Waals surface area contributed by atoms with Gasteiger partial charge in [-0.05, 0) is 189 Å². The summed E-state index contributed by atoms with van der Waals surface area (Å²) in [5.74, 6) is -12.9. The van der Waals surface area contributed by atoms with Crippen molar-refractivity contribution in [1.82, 2.24) is 55.6 Å². The van der Waals surface area contributed by atoms with Crippen LogP contribution in [0.25, 0.3) is 0 Å². The molecule has 5 rings (SSSR count). The highest BCUT2D eigenvalue weighted by atomic mass is 16.7. The van der Waals surface area contributed by atoms with Crippen LogP contribution < -0.4 is 21.3 Å². The molecule has 3 saturated carbocycles. The summed E-state index contributed by atoms with van der Waals surface area (Å²) in [7, 11) is 9.71. The molecule has 4 aliphatic carbocycles. The van der Waals surface area contributed by atoms with Crippen LogP contribution in [0.3, 0.4) is 0 Å². The van der Waals surface area contributed by atoms with Gasteiger partial charge in [-0.25, -0.2) is 4.79 Å². The van der Waals surface area contributed by atoms with Gasteiger partial charge in [0.1, 0.15) is 72.1 Å². The van der Waals surface area contributed by atoms with E-state index >= 15 is 19.2 Å². The molecule has 6 N–H and O–H groups in total. The van der Waals surface area contributed by atoms with E-state index in [-0.39, 0.29) is 125 Å². The maximum absolute atomic E-state index is 15.9. The van der Waals surface area contributed by atoms with E-state index in [1.165, 1.54) is 87.7 Å². The summed E-state index contributed by atoms with van der Waals surface area (Å²) in [5.41, 5.74) is -2.24. The first-order valence-electron chi connectivity index (χ1n) is 47.4. The number of allylic oxidation sites excluding steroid dienone is 6. The molecule has 734 valence electrons. The fourth-order valence-corrected chi connectivity index (χ4v) is 19.8. The third kappa shape index (κ3) is 28.7. The molecule has 1 heterocycles. The van der Waals surface area contributed by atoms with E-state index in [1.807, 2.05) is 68.4 Å². The van der Waals surface area contributed by atoms with Crippen molar-refractivity contribution < 1.29 is 106 Å². The summed E-state index contributed by atoms with van der Waals surface area (Å²) in [6.07, 6.45) is 11.1. The second kappa shape index (κ2) is 50.1. The van der Waals surface area contributed by atoms with Gasteiger partial charge in [0.25, 0.3) is 0 Å². The van der Waals surface area contributed by atoms with Crippen molar-refractivity contribution in [1.29, 1.82) is 0 Å². The standard InChI is InChI=1S/C97H159N11O22/c1-27-29-37-62(15)83(130-94(125)128-47-35-31-30-33-38-77(113)127-46-36-32-34-39-78(114)129-55-75(111)97(126)45-43-68-67-41-40-65-52-66(109)42-44-95(65,18)79(67)74(110)53-96(68,97)19)82-87(118)100-69(28-2)89(120)102(20)54-76(112)103(21)70(48-56(3)4)86(117)101-80(60(11)12)92(123)104(22)71(49-57(5)6)85(116)98-63(16)84(115)99-64(17)88(119)105(23)72(50-58(7)8)90(121)106(24)73(51-59(9)10)91(122)107(25)81(61(13)14)93(124)108(82)26/h27,29,42,44,52,56-64,67-74,79-83,110,126H,28,30-41,43,45-51,53-55H2,1-26H3,(H,98,116)(H,99,115)(H,100,118)(H,101,117)/b29-27+/t62-,63?,64?,67?,68?,69?,70+,71?,72?,73?,74+,79?,80?,81-,82?,83?,95+,96+,97+/m1/s1. The molecule has 0 spiro atoms. The van der Waals surface area contributed by atoms with Crippen molar-refractivity contribution in [3.8, 4) is 0 Å². The Morgan fingerprint density at radius 1 is 0.546 bits per heavy atom. The molecule has 33 nitrogen and oxygen atoms in total. The van der Waals surface area contributed by atoms with Crippen molar-refractivity contribution in [2.24, 2.45) is 70.0 Å². The third-order valence-electron chi connectivity index (χ3n) is 27.5. The number of hydrogen-bond acceptors (Lipinski definition) is 22. The van der Waals surface area contributed by atoms with Gasteiger partial charge >= 0.3 is 18.1 Å². The minimum Gasteiger partial charge on any atom is -0.466 e. The number of rotatable bonds is 32. The number of nitrogens with one attached hydrogen (secondary N) is 4. The highest BCUT2D eigenvalue weighted by Crippen LogP contribution is 2.67. The molecule has 130 heavy (non-hydrogen) atoms. The fourth-order valence-electron chi connectivity index (χ4n) is 19.8. The first-order valence-corrected chi connectivity index (χ1v) is 47.4. The van der Waals surface area contributed by atoms with E-state index in [1.54, 1.807) is 72.8 Å². The smallest absolute Gasteiger partial charge is 0.466 e. The number of hydrogen-bond donors (Lipinski definition) is 6. The zero-order valence-electron chi connectivity index (χ0n) is 82.7. The monoisotopic (exact) mass is 1830 g/mol. The SMILES string of the molecule is C/C=C/C[C@@H](C)C(OC(=O)OCCCCCCC(=O)OCCCCCC(=O)OCC(=O)[C@@]1(O)CCC2C3CCC4=CC(=O)C=C[C@]4(C)C3[C@@H](O)C[C@@]21C)C1C(=O)NC(CC)C(=O)N(C)CC(=O)N(C)[C@@H](CC(C)C)C(=O)NC(C(C)C)C(=O)N(C)C(CC(C)C)C(=O)NC(C)C(=O)NC(C)C(=O)N(C)C(CC(C)C)C(=O)N(C)C(CC(C)C)C(=O)N(C)[C@H](C(C)C)C(=O)N1C. The predicted octanol–water partition coefficient (Wildman–Crippen LogP) is 8.61. The Bertz CT molecular complexity index is 4050. The van der Waals surface area contributed by atoms with Crippen molar-refractivity contribution in [3.63, 3.8) is 0 Å². The Morgan fingerprint density at radius 2 is 1.05 bits per heavy atom. The number of aliphatic hydroxyl groups excluding tert-OH is 1. The molecule has 12 unspecified atom stereocenters. The van der Waals surface area contributed by atoms with Gasteiger partial charge in [0.15, 0.2) is 12.4 Å². The first kappa shape index (κ1) is 111. The lowest BCUT2D eigenvalue weighted by atomic mass is 9.46. The summed E-state index contributed by atoms with van der Waals surface area (Å²) in [6, 6.07) is -13.3. The average Bonchev–Trinajstić information content (AvgIpc) is 1.52. The maximum Gasteiger partial charge on any atom is 0.508 e. The zero-order valence-corrected chi connectivity index (χ0v) is 82.7. The van der Waals surface area contributed by atoms with Gasteiger partial charge in [-0.15, -0.1) is 0 Å². The first-order chi connectivity index (χ1) is 60.7. The van der Waals surface area contributed by atoms with E-state index in [2.05, 4.69) is 28.2 Å². The molecule has 1 aliphatic heterocycles. The van der Waals surface area contributed by atoms with Crippen LogP contribution in [0, 0.1) is 70.0 Å². The Kier molecular flexibility index (Phi) is 42.9. The number of carbonyl (C=O) groups is 16. The zero-order chi connectivity index (χ0) is 98.2. The van der Waals surface area contributed by atoms with Crippen LogP contribution in [0.4, 0.5) is 4.79 Å². The van der Waals surface area contributed by atoms with Crippen LogP contribution in [-0.4, -0.2) is 293 Å². The summed E-state index contributed by atoms with van der Waals surface area (Å²) in [5, 5.41) is 34.9. The molecule has 1 saturated heterocycles. The van der Waals surface area contributed by atoms with E-state index in [0.717, 1.165) is 21.8 Å². The number of ketones is 2. The van der Waals surface area contributed by atoms with Crippen LogP contribution >= 0.6 is 0 Å².